The quantitative estimate of drug-likeness (QED) is 0.698. The summed E-state index contributed by atoms with van der Waals surface area (Å²) in [4.78, 5) is 0.943. The molecule has 0 amide bonds. The summed E-state index contributed by atoms with van der Waals surface area (Å²) in [7, 11) is -3.74. The first kappa shape index (κ1) is 18.8. The molecule has 2 N–H and O–H groups in total. The highest BCUT2D eigenvalue weighted by Gasteiger charge is 2.27. The lowest BCUT2D eigenvalue weighted by Crippen LogP contribution is -2.26. The fourth-order valence-electron chi connectivity index (χ4n) is 1.32. The lowest BCUT2D eigenvalue weighted by Gasteiger charge is -2.07. The van der Waals surface area contributed by atoms with E-state index < -0.39 is 15.5 Å². The number of nitrogens with one attached hydrogen (secondary N) is 2. The molecule has 0 bridgehead atoms. The third kappa shape index (κ3) is 7.50. The van der Waals surface area contributed by atoms with Crippen molar-refractivity contribution >= 4 is 33.1 Å². The lowest BCUT2D eigenvalue weighted by atomic mass is 10.4. The third-order valence-electron chi connectivity index (χ3n) is 2.28. The Kier molecular flexibility index (Phi) is 6.98. The molecule has 0 aliphatic carbocycles. The van der Waals surface area contributed by atoms with E-state index in [2.05, 4.69) is 10.0 Å². The summed E-state index contributed by atoms with van der Waals surface area (Å²) in [6.45, 7) is 4.25. The number of alkyl halides is 3. The molecule has 0 saturated heterocycles. The maximum absolute atomic E-state index is 11.9. The van der Waals surface area contributed by atoms with Crippen molar-refractivity contribution in [1.29, 1.82) is 0 Å². The van der Waals surface area contributed by atoms with Crippen molar-refractivity contribution in [2.75, 3.05) is 12.3 Å². The molecule has 0 unspecified atom stereocenters. The van der Waals surface area contributed by atoms with Crippen molar-refractivity contribution in [2.45, 2.75) is 36.8 Å². The first-order valence-corrected chi connectivity index (χ1v) is 9.46. The summed E-state index contributed by atoms with van der Waals surface area (Å²) in [6.07, 6.45) is 0. The van der Waals surface area contributed by atoms with Crippen LogP contribution < -0.4 is 10.0 Å². The third-order valence-corrected chi connectivity index (χ3v) is 5.55. The fraction of sp³-hybridized carbons (Fsp3) is 0.636. The van der Waals surface area contributed by atoms with E-state index in [1.54, 1.807) is 0 Å². The van der Waals surface area contributed by atoms with Crippen LogP contribution in [0.5, 0.6) is 0 Å². The predicted molar refractivity (Wildman–Crippen MR) is 80.0 cm³/mol. The first-order valence-electron chi connectivity index (χ1n) is 6.11. The number of hydrogen-bond acceptors (Lipinski definition) is 5. The molecular formula is C11H17F3N2O2S3. The van der Waals surface area contributed by atoms with E-state index >= 15 is 0 Å². The monoisotopic (exact) mass is 362 g/mol. The largest absolute Gasteiger partial charge is 0.441 e. The molecule has 0 spiro atoms. The molecule has 1 rings (SSSR count). The van der Waals surface area contributed by atoms with Gasteiger partial charge >= 0.3 is 5.51 Å². The van der Waals surface area contributed by atoms with E-state index in [4.69, 9.17) is 0 Å². The minimum atomic E-state index is -4.34. The normalized spacial score (nSPS) is 13.0. The van der Waals surface area contributed by atoms with Crippen LogP contribution >= 0.6 is 23.1 Å². The summed E-state index contributed by atoms with van der Waals surface area (Å²) in [5.41, 5.74) is -4.34. The molecule has 0 atom stereocenters. The van der Waals surface area contributed by atoms with Crippen molar-refractivity contribution < 1.29 is 21.6 Å². The van der Waals surface area contributed by atoms with Gasteiger partial charge in [-0.2, -0.15) is 13.2 Å². The van der Waals surface area contributed by atoms with Crippen molar-refractivity contribution in [3.05, 3.63) is 16.3 Å². The zero-order valence-electron chi connectivity index (χ0n) is 11.5. The Morgan fingerprint density at radius 1 is 1.38 bits per heavy atom. The molecule has 21 heavy (non-hydrogen) atoms. The molecular weight excluding hydrogens is 345 g/mol. The van der Waals surface area contributed by atoms with Crippen LogP contribution in [0, 0.1) is 0 Å². The van der Waals surface area contributed by atoms with Crippen LogP contribution in [0.2, 0.25) is 0 Å². The van der Waals surface area contributed by atoms with E-state index in [9.17, 15) is 21.6 Å². The molecule has 0 aliphatic rings. The SMILES string of the molecule is CC(C)NCc1cc(S(=O)(=O)NCCSC(F)(F)F)cs1. The Labute approximate surface area is 130 Å². The minimum Gasteiger partial charge on any atom is -0.310 e. The first-order chi connectivity index (χ1) is 9.60. The lowest BCUT2D eigenvalue weighted by molar-refractivity contribution is -0.0327. The van der Waals surface area contributed by atoms with E-state index in [0.29, 0.717) is 6.54 Å². The molecule has 4 nitrogen and oxygen atoms in total. The van der Waals surface area contributed by atoms with Gasteiger partial charge in [0.25, 0.3) is 0 Å². The van der Waals surface area contributed by atoms with Gasteiger partial charge < -0.3 is 5.32 Å². The van der Waals surface area contributed by atoms with E-state index in [1.165, 1.54) is 22.8 Å². The molecule has 10 heteroatoms. The Balaban J connectivity index is 2.51. The average Bonchev–Trinajstić information content (AvgIpc) is 2.80. The summed E-state index contributed by atoms with van der Waals surface area (Å²) in [6, 6.07) is 1.81. The Bertz CT molecular complexity index is 541. The Morgan fingerprint density at radius 2 is 2.05 bits per heavy atom. The van der Waals surface area contributed by atoms with E-state index in [-0.39, 0.29) is 35.0 Å². The second-order valence-corrected chi connectivity index (χ2v) is 8.40. The molecule has 0 radical (unpaired) electrons. The number of halogens is 3. The zero-order chi connectivity index (χ0) is 16.1. The van der Waals surface area contributed by atoms with Crippen molar-refractivity contribution in [1.82, 2.24) is 10.0 Å². The molecule has 1 aromatic rings. The van der Waals surface area contributed by atoms with Crippen LogP contribution in [0.3, 0.4) is 0 Å². The minimum absolute atomic E-state index is 0.0880. The van der Waals surface area contributed by atoms with Crippen molar-refractivity contribution in [3.63, 3.8) is 0 Å². The van der Waals surface area contributed by atoms with Gasteiger partial charge in [0.05, 0.1) is 4.90 Å². The number of sulfonamides is 1. The maximum atomic E-state index is 11.9. The summed E-state index contributed by atoms with van der Waals surface area (Å²) < 4.78 is 61.7. The van der Waals surface area contributed by atoms with Crippen LogP contribution in [-0.2, 0) is 16.6 Å². The molecule has 0 saturated carbocycles. The summed E-state index contributed by atoms with van der Waals surface area (Å²) in [5, 5.41) is 4.65. The van der Waals surface area contributed by atoms with Crippen LogP contribution in [0.25, 0.3) is 0 Å². The average molecular weight is 362 g/mol. The topological polar surface area (TPSA) is 58.2 Å². The Hall–Kier alpha value is -0.290. The van der Waals surface area contributed by atoms with Gasteiger partial charge in [-0.1, -0.05) is 13.8 Å². The van der Waals surface area contributed by atoms with E-state index in [1.807, 2.05) is 13.8 Å². The molecule has 1 aromatic heterocycles. The van der Waals surface area contributed by atoms with E-state index in [0.717, 1.165) is 4.88 Å². The highest BCUT2D eigenvalue weighted by molar-refractivity contribution is 8.00. The fourth-order valence-corrected chi connectivity index (χ4v) is 4.15. The number of thiophene rings is 1. The number of thioether (sulfide) groups is 1. The van der Waals surface area contributed by atoms with Crippen LogP contribution in [0.4, 0.5) is 13.2 Å². The van der Waals surface area contributed by atoms with Gasteiger partial charge in [0.2, 0.25) is 10.0 Å². The van der Waals surface area contributed by atoms with Crippen LogP contribution in [0.15, 0.2) is 16.3 Å². The maximum Gasteiger partial charge on any atom is 0.441 e. The van der Waals surface area contributed by atoms with Gasteiger partial charge in [0.15, 0.2) is 0 Å². The highest BCUT2D eigenvalue weighted by Crippen LogP contribution is 2.29. The van der Waals surface area contributed by atoms with Gasteiger partial charge in [-0.15, -0.1) is 11.3 Å². The number of hydrogen-bond donors (Lipinski definition) is 2. The van der Waals surface area contributed by atoms with Gasteiger partial charge in [-0.25, -0.2) is 13.1 Å². The Morgan fingerprint density at radius 3 is 2.62 bits per heavy atom. The second kappa shape index (κ2) is 7.82. The molecule has 0 aromatic carbocycles. The molecule has 122 valence electrons. The van der Waals surface area contributed by atoms with Crippen LogP contribution in [-0.4, -0.2) is 32.3 Å². The molecule has 0 fully saturated rings. The smallest absolute Gasteiger partial charge is 0.310 e. The van der Waals surface area contributed by atoms with Crippen molar-refractivity contribution in [3.8, 4) is 0 Å². The summed E-state index contributed by atoms with van der Waals surface area (Å²) >= 11 is 1.05. The molecule has 0 aliphatic heterocycles. The van der Waals surface area contributed by atoms with Gasteiger partial charge in [0, 0.05) is 35.1 Å². The molecule has 1 heterocycles. The zero-order valence-corrected chi connectivity index (χ0v) is 14.0. The van der Waals surface area contributed by atoms with Gasteiger partial charge in [0.1, 0.15) is 0 Å². The van der Waals surface area contributed by atoms with Crippen LogP contribution in [0.1, 0.15) is 18.7 Å². The van der Waals surface area contributed by atoms with Gasteiger partial charge in [-0.3, -0.25) is 0 Å². The second-order valence-electron chi connectivity index (χ2n) is 4.48. The predicted octanol–water partition coefficient (Wildman–Crippen LogP) is 2.78. The number of rotatable bonds is 8. The standard InChI is InChI=1S/C11H17F3N2O2S3/c1-8(2)15-6-9-5-10(7-19-9)21(17,18)16-3-4-20-11(12,13)14/h5,7-8,15-16H,3-4,6H2,1-2H3. The highest BCUT2D eigenvalue weighted by atomic mass is 32.2. The van der Waals surface area contributed by atoms with Crippen molar-refractivity contribution in [2.24, 2.45) is 0 Å². The van der Waals surface area contributed by atoms with Gasteiger partial charge in [-0.05, 0) is 17.8 Å². The summed E-state index contributed by atoms with van der Waals surface area (Å²) in [5.74, 6) is -0.353.